The average molecular weight is 369 g/mol. The van der Waals surface area contributed by atoms with E-state index < -0.39 is 24.9 Å². The van der Waals surface area contributed by atoms with E-state index in [0.717, 1.165) is 16.1 Å². The van der Waals surface area contributed by atoms with Crippen molar-refractivity contribution in [3.05, 3.63) is 63.9 Å². The molecule has 0 bridgehead atoms. The first-order valence-electron chi connectivity index (χ1n) is 8.32. The van der Waals surface area contributed by atoms with Crippen molar-refractivity contribution in [3.8, 4) is 11.5 Å². The predicted octanol–water partition coefficient (Wildman–Crippen LogP) is 1.88. The minimum atomic E-state index is -0.772. The quantitative estimate of drug-likeness (QED) is 0.486. The Morgan fingerprint density at radius 3 is 2.52 bits per heavy atom. The summed E-state index contributed by atoms with van der Waals surface area (Å²) in [5.41, 5.74) is 2.86. The van der Waals surface area contributed by atoms with Gasteiger partial charge in [-0.2, -0.15) is 4.68 Å². The number of Topliss-reactive ketones (excluding diaryl/α,β-unsaturated/α-hetero) is 1. The van der Waals surface area contributed by atoms with Gasteiger partial charge < -0.3 is 13.7 Å². The van der Waals surface area contributed by atoms with E-state index >= 15 is 0 Å². The monoisotopic (exact) mass is 369 g/mol. The van der Waals surface area contributed by atoms with Crippen molar-refractivity contribution in [3.63, 3.8) is 0 Å². The minimum Gasteiger partial charge on any atom is -0.456 e. The molecule has 1 aromatic carbocycles. The molecule has 8 heteroatoms. The summed E-state index contributed by atoms with van der Waals surface area (Å²) in [6.07, 6.45) is 0. The lowest BCUT2D eigenvalue weighted by atomic mass is 10.1. The Kier molecular flexibility index (Phi) is 5.07. The predicted molar refractivity (Wildman–Crippen MR) is 96.4 cm³/mol. The third kappa shape index (κ3) is 3.89. The normalized spacial score (nSPS) is 10.8. The SMILES string of the molecule is Cc1cc(C(=O)COC(=O)Cn2nc(-c3ccccc3)oc2=O)c(C)n1C. The highest BCUT2D eigenvalue weighted by atomic mass is 16.5. The van der Waals surface area contributed by atoms with Gasteiger partial charge in [-0.05, 0) is 32.0 Å². The summed E-state index contributed by atoms with van der Waals surface area (Å²) in [6, 6.07) is 10.6. The highest BCUT2D eigenvalue weighted by molar-refractivity contribution is 5.99. The summed E-state index contributed by atoms with van der Waals surface area (Å²) in [5.74, 6) is -1.71. The standard InChI is InChI=1S/C19H19N3O5/c1-12-9-15(13(2)21(12)3)16(23)11-26-17(24)10-22-19(25)27-18(20-22)14-7-5-4-6-8-14/h4-9H,10-11H2,1-3H3. The van der Waals surface area contributed by atoms with Crippen LogP contribution in [0.4, 0.5) is 0 Å². The maximum Gasteiger partial charge on any atom is 0.437 e. The zero-order valence-corrected chi connectivity index (χ0v) is 15.3. The number of rotatable bonds is 6. The molecule has 0 aliphatic heterocycles. The summed E-state index contributed by atoms with van der Waals surface area (Å²) >= 11 is 0. The molecule has 2 heterocycles. The fraction of sp³-hybridized carbons (Fsp3) is 0.263. The smallest absolute Gasteiger partial charge is 0.437 e. The Labute approximate surface area is 155 Å². The van der Waals surface area contributed by atoms with Crippen LogP contribution in [0.25, 0.3) is 11.5 Å². The number of ether oxygens (including phenoxy) is 1. The molecule has 0 fully saturated rings. The van der Waals surface area contributed by atoms with E-state index in [1.807, 2.05) is 31.5 Å². The van der Waals surface area contributed by atoms with Crippen LogP contribution in [0.1, 0.15) is 21.7 Å². The summed E-state index contributed by atoms with van der Waals surface area (Å²) in [5, 5.41) is 3.98. The van der Waals surface area contributed by atoms with Crippen LogP contribution in [0, 0.1) is 13.8 Å². The lowest BCUT2D eigenvalue weighted by Crippen LogP contribution is -2.24. The van der Waals surface area contributed by atoms with Crippen LogP contribution in [-0.4, -0.2) is 32.7 Å². The lowest BCUT2D eigenvalue weighted by molar-refractivity contribution is -0.143. The van der Waals surface area contributed by atoms with E-state index in [2.05, 4.69) is 5.10 Å². The number of carbonyl (C=O) groups excluding carboxylic acids is 2. The molecule has 0 unspecified atom stereocenters. The van der Waals surface area contributed by atoms with Crippen molar-refractivity contribution in [1.29, 1.82) is 0 Å². The van der Waals surface area contributed by atoms with Gasteiger partial charge in [0.2, 0.25) is 11.7 Å². The Balaban J connectivity index is 1.63. The number of benzene rings is 1. The first kappa shape index (κ1) is 18.4. The van der Waals surface area contributed by atoms with Gasteiger partial charge in [0, 0.05) is 29.6 Å². The number of hydrogen-bond acceptors (Lipinski definition) is 6. The van der Waals surface area contributed by atoms with Gasteiger partial charge in [0.1, 0.15) is 6.54 Å². The van der Waals surface area contributed by atoms with Crippen LogP contribution in [0.15, 0.2) is 45.6 Å². The van der Waals surface area contributed by atoms with Crippen molar-refractivity contribution in [2.45, 2.75) is 20.4 Å². The Morgan fingerprint density at radius 2 is 1.89 bits per heavy atom. The van der Waals surface area contributed by atoms with E-state index in [-0.39, 0.29) is 11.7 Å². The van der Waals surface area contributed by atoms with Crippen molar-refractivity contribution in [2.24, 2.45) is 7.05 Å². The van der Waals surface area contributed by atoms with E-state index in [1.54, 1.807) is 30.3 Å². The van der Waals surface area contributed by atoms with Gasteiger partial charge in [-0.1, -0.05) is 18.2 Å². The fourth-order valence-electron chi connectivity index (χ4n) is 2.63. The molecule has 0 atom stereocenters. The van der Waals surface area contributed by atoms with Crippen LogP contribution in [-0.2, 0) is 23.1 Å². The van der Waals surface area contributed by atoms with Gasteiger partial charge in [0.25, 0.3) is 0 Å². The molecule has 0 aliphatic carbocycles. The summed E-state index contributed by atoms with van der Waals surface area (Å²) < 4.78 is 12.8. The third-order valence-corrected chi connectivity index (χ3v) is 4.35. The number of aromatic nitrogens is 3. The van der Waals surface area contributed by atoms with Crippen LogP contribution in [0.3, 0.4) is 0 Å². The molecule has 3 aromatic rings. The Bertz CT molecular complexity index is 1040. The third-order valence-electron chi connectivity index (χ3n) is 4.35. The molecule has 0 amide bonds. The summed E-state index contributed by atoms with van der Waals surface area (Å²) in [4.78, 5) is 36.1. The van der Waals surface area contributed by atoms with Gasteiger partial charge in [-0.25, -0.2) is 4.79 Å². The Morgan fingerprint density at radius 1 is 1.19 bits per heavy atom. The maximum absolute atomic E-state index is 12.3. The van der Waals surface area contributed by atoms with Crippen LogP contribution >= 0.6 is 0 Å². The van der Waals surface area contributed by atoms with E-state index in [4.69, 9.17) is 9.15 Å². The number of ketones is 1. The number of aryl methyl sites for hydroxylation is 1. The molecule has 0 saturated carbocycles. The summed E-state index contributed by atoms with van der Waals surface area (Å²) in [7, 11) is 1.86. The van der Waals surface area contributed by atoms with Crippen LogP contribution < -0.4 is 5.76 Å². The highest BCUT2D eigenvalue weighted by Gasteiger charge is 2.18. The lowest BCUT2D eigenvalue weighted by Gasteiger charge is -2.04. The zero-order chi connectivity index (χ0) is 19.6. The van der Waals surface area contributed by atoms with Gasteiger partial charge in [0.15, 0.2) is 6.61 Å². The second-order valence-corrected chi connectivity index (χ2v) is 6.12. The van der Waals surface area contributed by atoms with Gasteiger partial charge in [-0.15, -0.1) is 5.10 Å². The van der Waals surface area contributed by atoms with Crippen LogP contribution in [0.2, 0.25) is 0 Å². The van der Waals surface area contributed by atoms with E-state index in [1.165, 1.54) is 0 Å². The van der Waals surface area contributed by atoms with Crippen molar-refractivity contribution in [2.75, 3.05) is 6.61 Å². The largest absolute Gasteiger partial charge is 0.456 e. The fourth-order valence-corrected chi connectivity index (χ4v) is 2.63. The summed E-state index contributed by atoms with van der Waals surface area (Å²) in [6.45, 7) is 2.87. The molecule has 0 N–H and O–H groups in total. The number of carbonyl (C=O) groups is 2. The molecule has 0 saturated heterocycles. The van der Waals surface area contributed by atoms with Crippen molar-refractivity contribution < 1.29 is 18.7 Å². The number of nitrogens with zero attached hydrogens (tertiary/aromatic N) is 3. The Hall–Kier alpha value is -3.42. The second-order valence-electron chi connectivity index (χ2n) is 6.12. The molecule has 0 radical (unpaired) electrons. The van der Waals surface area contributed by atoms with E-state index in [0.29, 0.717) is 11.1 Å². The number of hydrogen-bond donors (Lipinski definition) is 0. The highest BCUT2D eigenvalue weighted by Crippen LogP contribution is 2.15. The molecular formula is C19H19N3O5. The molecular weight excluding hydrogens is 350 g/mol. The first-order chi connectivity index (χ1) is 12.9. The molecule has 0 spiro atoms. The molecule has 0 aliphatic rings. The number of esters is 1. The minimum absolute atomic E-state index is 0.111. The molecule has 2 aromatic heterocycles. The zero-order valence-electron chi connectivity index (χ0n) is 15.3. The maximum atomic E-state index is 12.3. The molecule has 3 rings (SSSR count). The van der Waals surface area contributed by atoms with Gasteiger partial charge >= 0.3 is 11.7 Å². The van der Waals surface area contributed by atoms with Crippen molar-refractivity contribution in [1.82, 2.24) is 14.3 Å². The first-order valence-corrected chi connectivity index (χ1v) is 8.32. The van der Waals surface area contributed by atoms with E-state index in [9.17, 15) is 14.4 Å². The van der Waals surface area contributed by atoms with Crippen LogP contribution in [0.5, 0.6) is 0 Å². The average Bonchev–Trinajstić information content (AvgIpc) is 3.15. The molecule has 140 valence electrons. The topological polar surface area (TPSA) is 96.3 Å². The molecule has 27 heavy (non-hydrogen) atoms. The van der Waals surface area contributed by atoms with Gasteiger partial charge in [-0.3, -0.25) is 9.59 Å². The van der Waals surface area contributed by atoms with Gasteiger partial charge in [0.05, 0.1) is 0 Å². The van der Waals surface area contributed by atoms with Crippen molar-refractivity contribution >= 4 is 11.8 Å². The molecule has 8 nitrogen and oxygen atoms in total. The second kappa shape index (κ2) is 7.45.